The lowest BCUT2D eigenvalue weighted by Gasteiger charge is -2.28. The highest BCUT2D eigenvalue weighted by Crippen LogP contribution is 2.32. The molecule has 33 heavy (non-hydrogen) atoms. The Labute approximate surface area is 195 Å². The average Bonchev–Trinajstić information content (AvgIpc) is 2.88. The molecule has 8 heteroatoms. The van der Waals surface area contributed by atoms with Crippen molar-refractivity contribution in [2.45, 2.75) is 83.4 Å². The Kier molecular flexibility index (Phi) is 8.35. The molecule has 2 aliphatic rings. The molecular weight excluding hydrogens is 424 g/mol. The van der Waals surface area contributed by atoms with Crippen molar-refractivity contribution < 1.29 is 29.0 Å². The number of carboxylic acids is 1. The standard InChI is InChI=1S/C25H36N2O6/c1-25(2,3)33-22(28)15-27-20-11-7-8-12-21(20)32-16-19(23(27)29)26-18(24(30)31)14-13-17-9-5-4-6-10-17/h7-8,11-12,17-19,26H,4-6,9-10,13-16H2,1-3H3,(H,30,31)/t18?,19-/m0/s1. The fourth-order valence-electron chi connectivity index (χ4n) is 4.54. The van der Waals surface area contributed by atoms with E-state index in [9.17, 15) is 19.5 Å². The van der Waals surface area contributed by atoms with E-state index in [1.165, 1.54) is 24.2 Å². The number of anilines is 1. The van der Waals surface area contributed by atoms with Crippen LogP contribution in [-0.4, -0.2) is 53.8 Å². The van der Waals surface area contributed by atoms with E-state index in [0.29, 0.717) is 23.8 Å². The molecule has 1 aromatic rings. The van der Waals surface area contributed by atoms with E-state index in [1.54, 1.807) is 45.0 Å². The van der Waals surface area contributed by atoms with Crippen molar-refractivity contribution in [2.24, 2.45) is 5.92 Å². The van der Waals surface area contributed by atoms with E-state index in [-0.39, 0.29) is 13.2 Å². The monoisotopic (exact) mass is 460 g/mol. The van der Waals surface area contributed by atoms with Gasteiger partial charge in [0.05, 0.1) is 5.69 Å². The Morgan fingerprint density at radius 2 is 1.91 bits per heavy atom. The smallest absolute Gasteiger partial charge is 0.326 e. The minimum absolute atomic E-state index is 0.0200. The minimum Gasteiger partial charge on any atom is -0.489 e. The van der Waals surface area contributed by atoms with Crippen molar-refractivity contribution in [1.29, 1.82) is 0 Å². The molecule has 1 heterocycles. The number of ether oxygens (including phenoxy) is 2. The van der Waals surface area contributed by atoms with Crippen molar-refractivity contribution in [1.82, 2.24) is 5.32 Å². The van der Waals surface area contributed by atoms with Crippen molar-refractivity contribution in [3.63, 3.8) is 0 Å². The number of para-hydroxylation sites is 2. The van der Waals surface area contributed by atoms with Crippen LogP contribution in [0.1, 0.15) is 65.7 Å². The van der Waals surface area contributed by atoms with E-state index < -0.39 is 35.5 Å². The van der Waals surface area contributed by atoms with Crippen molar-refractivity contribution in [3.8, 4) is 5.75 Å². The summed E-state index contributed by atoms with van der Waals surface area (Å²) >= 11 is 0. The summed E-state index contributed by atoms with van der Waals surface area (Å²) in [6.07, 6.45) is 7.17. The molecule has 1 aliphatic heterocycles. The van der Waals surface area contributed by atoms with Crippen LogP contribution in [0.3, 0.4) is 0 Å². The summed E-state index contributed by atoms with van der Waals surface area (Å²) in [6, 6.07) is 5.21. The number of amides is 1. The Balaban J connectivity index is 1.74. The van der Waals surface area contributed by atoms with Gasteiger partial charge in [-0.25, -0.2) is 0 Å². The van der Waals surface area contributed by atoms with Crippen molar-refractivity contribution in [3.05, 3.63) is 24.3 Å². The van der Waals surface area contributed by atoms with Gasteiger partial charge in [0.1, 0.15) is 36.6 Å². The molecular formula is C25H36N2O6. The maximum atomic E-state index is 13.5. The first-order valence-corrected chi connectivity index (χ1v) is 11.9. The molecule has 1 amide bonds. The molecule has 1 fully saturated rings. The average molecular weight is 461 g/mol. The topological polar surface area (TPSA) is 105 Å². The van der Waals surface area contributed by atoms with Crippen LogP contribution in [0.5, 0.6) is 5.75 Å². The lowest BCUT2D eigenvalue weighted by molar-refractivity contribution is -0.153. The van der Waals surface area contributed by atoms with Crippen LogP contribution < -0.4 is 15.0 Å². The van der Waals surface area contributed by atoms with E-state index in [0.717, 1.165) is 19.3 Å². The van der Waals surface area contributed by atoms with E-state index in [1.807, 2.05) is 0 Å². The first kappa shape index (κ1) is 25.0. The predicted octanol–water partition coefficient (Wildman–Crippen LogP) is 3.53. The molecule has 2 N–H and O–H groups in total. The van der Waals surface area contributed by atoms with Gasteiger partial charge in [-0.15, -0.1) is 0 Å². The summed E-state index contributed by atoms with van der Waals surface area (Å²) in [5.74, 6) is -0.934. The highest BCUT2D eigenvalue weighted by Gasteiger charge is 2.36. The molecule has 2 atom stereocenters. The van der Waals surface area contributed by atoms with E-state index >= 15 is 0 Å². The van der Waals surface area contributed by atoms with Crippen LogP contribution in [-0.2, 0) is 19.1 Å². The zero-order valence-corrected chi connectivity index (χ0v) is 19.8. The lowest BCUT2D eigenvalue weighted by atomic mass is 9.85. The Morgan fingerprint density at radius 1 is 1.21 bits per heavy atom. The molecule has 182 valence electrons. The number of carboxylic acid groups (broad SMARTS) is 1. The third-order valence-corrected chi connectivity index (χ3v) is 6.12. The summed E-state index contributed by atoms with van der Waals surface area (Å²) in [5, 5.41) is 12.8. The Hall–Kier alpha value is -2.61. The molecule has 1 unspecified atom stereocenters. The zero-order valence-electron chi connectivity index (χ0n) is 19.8. The number of hydrogen-bond acceptors (Lipinski definition) is 6. The number of carbonyl (C=O) groups is 3. The SMILES string of the molecule is CC(C)(C)OC(=O)CN1C(=O)[C@@H](NC(CCC2CCCCC2)C(=O)O)COc2ccccc21. The molecule has 8 nitrogen and oxygen atoms in total. The fraction of sp³-hybridized carbons (Fsp3) is 0.640. The zero-order chi connectivity index (χ0) is 24.0. The fourth-order valence-corrected chi connectivity index (χ4v) is 4.54. The van der Waals surface area contributed by atoms with Crippen LogP contribution in [0.15, 0.2) is 24.3 Å². The van der Waals surface area contributed by atoms with E-state index in [4.69, 9.17) is 9.47 Å². The van der Waals surface area contributed by atoms with Gasteiger partial charge in [0.25, 0.3) is 0 Å². The molecule has 0 spiro atoms. The van der Waals surface area contributed by atoms with Gasteiger partial charge in [0.2, 0.25) is 5.91 Å². The number of nitrogens with zero attached hydrogens (tertiary/aromatic N) is 1. The number of esters is 1. The summed E-state index contributed by atoms with van der Waals surface area (Å²) in [6.45, 7) is 4.99. The van der Waals surface area contributed by atoms with Crippen LogP contribution in [0.4, 0.5) is 5.69 Å². The third-order valence-electron chi connectivity index (χ3n) is 6.12. The Morgan fingerprint density at radius 3 is 2.58 bits per heavy atom. The lowest BCUT2D eigenvalue weighted by Crippen LogP contribution is -2.54. The van der Waals surface area contributed by atoms with Crippen LogP contribution in [0.25, 0.3) is 0 Å². The maximum Gasteiger partial charge on any atom is 0.326 e. The molecule has 0 saturated heterocycles. The molecule has 1 aliphatic carbocycles. The van der Waals surface area contributed by atoms with Crippen molar-refractivity contribution in [2.75, 3.05) is 18.1 Å². The van der Waals surface area contributed by atoms with Gasteiger partial charge < -0.3 is 14.6 Å². The molecule has 0 bridgehead atoms. The van der Waals surface area contributed by atoms with Gasteiger partial charge in [-0.05, 0) is 51.7 Å². The van der Waals surface area contributed by atoms with Crippen molar-refractivity contribution >= 4 is 23.5 Å². The largest absolute Gasteiger partial charge is 0.489 e. The molecule has 1 aromatic carbocycles. The van der Waals surface area contributed by atoms with Gasteiger partial charge in [-0.3, -0.25) is 24.6 Å². The van der Waals surface area contributed by atoms with Gasteiger partial charge in [-0.2, -0.15) is 0 Å². The second kappa shape index (κ2) is 11.0. The van der Waals surface area contributed by atoms with Gasteiger partial charge in [0, 0.05) is 0 Å². The summed E-state index contributed by atoms with van der Waals surface area (Å²) in [7, 11) is 0. The molecule has 0 radical (unpaired) electrons. The third kappa shape index (κ3) is 7.19. The highest BCUT2D eigenvalue weighted by molar-refractivity contribution is 6.02. The second-order valence-electron chi connectivity index (χ2n) is 9.98. The first-order chi connectivity index (χ1) is 15.6. The summed E-state index contributed by atoms with van der Waals surface area (Å²) in [4.78, 5) is 39.3. The summed E-state index contributed by atoms with van der Waals surface area (Å²) in [5.41, 5.74) is -0.223. The molecule has 1 saturated carbocycles. The number of hydrogen-bond donors (Lipinski definition) is 2. The van der Waals surface area contributed by atoms with Crippen LogP contribution in [0.2, 0.25) is 0 Å². The quantitative estimate of drug-likeness (QED) is 0.572. The van der Waals surface area contributed by atoms with Crippen LogP contribution >= 0.6 is 0 Å². The summed E-state index contributed by atoms with van der Waals surface area (Å²) < 4.78 is 11.3. The van der Waals surface area contributed by atoms with Crippen LogP contribution in [0, 0.1) is 5.92 Å². The minimum atomic E-state index is -0.987. The Bertz CT molecular complexity index is 844. The second-order valence-corrected chi connectivity index (χ2v) is 9.98. The maximum absolute atomic E-state index is 13.5. The number of carbonyl (C=O) groups excluding carboxylic acids is 2. The molecule has 0 aromatic heterocycles. The number of fused-ring (bicyclic) bond motifs is 1. The number of benzene rings is 1. The normalized spacial score (nSPS) is 20.4. The van der Waals surface area contributed by atoms with E-state index in [2.05, 4.69) is 5.32 Å². The predicted molar refractivity (Wildman–Crippen MR) is 124 cm³/mol. The highest BCUT2D eigenvalue weighted by atomic mass is 16.6. The van der Waals surface area contributed by atoms with Gasteiger partial charge >= 0.3 is 11.9 Å². The van der Waals surface area contributed by atoms with Gasteiger partial charge in [-0.1, -0.05) is 44.2 Å². The number of nitrogens with one attached hydrogen (secondary N) is 1. The number of aliphatic carboxylic acids is 1. The van der Waals surface area contributed by atoms with Gasteiger partial charge in [0.15, 0.2) is 0 Å². The number of rotatable bonds is 8. The first-order valence-electron chi connectivity index (χ1n) is 11.9. The molecule has 3 rings (SSSR count).